The molecule has 6 heteroatoms. The third-order valence-electron chi connectivity index (χ3n) is 2.72. The molecule has 0 aliphatic heterocycles. The Hall–Kier alpha value is -0.0400. The van der Waals surface area contributed by atoms with Gasteiger partial charge in [-0.3, -0.25) is 0 Å². The van der Waals surface area contributed by atoms with Gasteiger partial charge in [0.05, 0.1) is 12.8 Å². The highest BCUT2D eigenvalue weighted by molar-refractivity contribution is 9.11. The Labute approximate surface area is 151 Å². The molecule has 0 aliphatic rings. The Kier molecular flexibility index (Phi) is 5.95. The van der Waals surface area contributed by atoms with Gasteiger partial charge >= 0.3 is 0 Å². The molecule has 1 N–H and O–H groups in total. The van der Waals surface area contributed by atoms with Gasteiger partial charge in [0, 0.05) is 24.4 Å². The molecule has 0 heterocycles. The first-order valence-corrected chi connectivity index (χ1v) is 8.89. The summed E-state index contributed by atoms with van der Waals surface area (Å²) in [7, 11) is 1.67. The third kappa shape index (κ3) is 4.00. The standard InChI is InChI=1S/C14H11Br4NO/c1-20-10-2-3-11(16)8(4-10)7-19-14-12(17)5-9(15)6-13(14)18/h2-6,19H,7H2,1H3. The number of benzene rings is 2. The van der Waals surface area contributed by atoms with Crippen LogP contribution in [0, 0.1) is 0 Å². The molecule has 0 radical (unpaired) electrons. The molecule has 0 bridgehead atoms. The number of ether oxygens (including phenoxy) is 1. The summed E-state index contributed by atoms with van der Waals surface area (Å²) in [5, 5.41) is 3.42. The van der Waals surface area contributed by atoms with Crippen molar-refractivity contribution in [2.75, 3.05) is 12.4 Å². The summed E-state index contributed by atoms with van der Waals surface area (Å²) in [6.07, 6.45) is 0. The average Bonchev–Trinajstić information content (AvgIpc) is 2.39. The Morgan fingerprint density at radius 1 is 0.950 bits per heavy atom. The van der Waals surface area contributed by atoms with Crippen molar-refractivity contribution >= 4 is 69.4 Å². The molecule has 2 aromatic carbocycles. The molecule has 20 heavy (non-hydrogen) atoms. The monoisotopic (exact) mass is 525 g/mol. The zero-order valence-corrected chi connectivity index (χ0v) is 16.9. The van der Waals surface area contributed by atoms with Gasteiger partial charge in [0.25, 0.3) is 0 Å². The second-order valence-corrected chi connectivity index (χ2v) is 7.53. The molecule has 0 spiro atoms. The molecule has 0 aromatic heterocycles. The molecule has 2 rings (SSSR count). The van der Waals surface area contributed by atoms with Crippen molar-refractivity contribution in [2.45, 2.75) is 6.54 Å². The van der Waals surface area contributed by atoms with Crippen LogP contribution in [0.1, 0.15) is 5.56 Å². The minimum absolute atomic E-state index is 0.691. The molecule has 0 atom stereocenters. The highest BCUT2D eigenvalue weighted by Gasteiger charge is 2.08. The van der Waals surface area contributed by atoms with Crippen molar-refractivity contribution in [1.82, 2.24) is 0 Å². The fraction of sp³-hybridized carbons (Fsp3) is 0.143. The lowest BCUT2D eigenvalue weighted by molar-refractivity contribution is 0.414. The number of methoxy groups -OCH3 is 1. The van der Waals surface area contributed by atoms with Crippen LogP contribution in [0.4, 0.5) is 5.69 Å². The van der Waals surface area contributed by atoms with Gasteiger partial charge in [-0.25, -0.2) is 0 Å². The minimum atomic E-state index is 0.691. The molecule has 0 fully saturated rings. The maximum atomic E-state index is 5.25. The maximum Gasteiger partial charge on any atom is 0.119 e. The van der Waals surface area contributed by atoms with E-state index in [0.29, 0.717) is 6.54 Å². The van der Waals surface area contributed by atoms with Gasteiger partial charge in [-0.2, -0.15) is 0 Å². The highest BCUT2D eigenvalue weighted by Crippen LogP contribution is 2.35. The van der Waals surface area contributed by atoms with E-state index >= 15 is 0 Å². The summed E-state index contributed by atoms with van der Waals surface area (Å²) in [4.78, 5) is 0. The van der Waals surface area contributed by atoms with Gasteiger partial charge in [-0.15, -0.1) is 0 Å². The van der Waals surface area contributed by atoms with Gasteiger partial charge in [0.1, 0.15) is 5.75 Å². The molecule has 0 saturated carbocycles. The fourth-order valence-corrected chi connectivity index (χ4v) is 4.63. The number of halogens is 4. The zero-order valence-electron chi connectivity index (χ0n) is 10.5. The Morgan fingerprint density at radius 3 is 2.20 bits per heavy atom. The molecule has 0 saturated heterocycles. The van der Waals surface area contributed by atoms with E-state index in [4.69, 9.17) is 4.74 Å². The first-order chi connectivity index (χ1) is 9.51. The van der Waals surface area contributed by atoms with Gasteiger partial charge in [0.2, 0.25) is 0 Å². The first kappa shape index (κ1) is 16.3. The predicted octanol–water partition coefficient (Wildman–Crippen LogP) is 6.36. The normalized spacial score (nSPS) is 10.4. The van der Waals surface area contributed by atoms with Crippen LogP contribution in [0.2, 0.25) is 0 Å². The number of hydrogen-bond acceptors (Lipinski definition) is 2. The summed E-state index contributed by atoms with van der Waals surface area (Å²) in [6, 6.07) is 9.94. The summed E-state index contributed by atoms with van der Waals surface area (Å²) in [5.41, 5.74) is 2.15. The van der Waals surface area contributed by atoms with Crippen LogP contribution in [-0.4, -0.2) is 7.11 Å². The SMILES string of the molecule is COc1ccc(Br)c(CNc2c(Br)cc(Br)cc2Br)c1. The van der Waals surface area contributed by atoms with E-state index in [9.17, 15) is 0 Å². The van der Waals surface area contributed by atoms with Crippen molar-refractivity contribution in [1.29, 1.82) is 0 Å². The van der Waals surface area contributed by atoms with Gasteiger partial charge in [-0.05, 0) is 67.8 Å². The number of nitrogens with one attached hydrogen (secondary N) is 1. The summed E-state index contributed by atoms with van der Waals surface area (Å²) in [6.45, 7) is 0.691. The lowest BCUT2D eigenvalue weighted by atomic mass is 10.2. The molecular weight excluding hydrogens is 518 g/mol. The Bertz CT molecular complexity index is 608. The van der Waals surface area contributed by atoms with Crippen molar-refractivity contribution in [3.63, 3.8) is 0 Å². The number of hydrogen-bond donors (Lipinski definition) is 1. The van der Waals surface area contributed by atoms with Crippen LogP contribution in [-0.2, 0) is 6.54 Å². The quantitative estimate of drug-likeness (QED) is 0.499. The summed E-state index contributed by atoms with van der Waals surface area (Å²) < 4.78 is 9.32. The van der Waals surface area contributed by atoms with Crippen molar-refractivity contribution < 1.29 is 4.74 Å². The van der Waals surface area contributed by atoms with E-state index < -0.39 is 0 Å². The molecule has 0 amide bonds. The van der Waals surface area contributed by atoms with Crippen molar-refractivity contribution in [3.8, 4) is 5.75 Å². The highest BCUT2D eigenvalue weighted by atomic mass is 79.9. The van der Waals surface area contributed by atoms with Gasteiger partial charge in [-0.1, -0.05) is 31.9 Å². The first-order valence-electron chi connectivity index (χ1n) is 5.72. The van der Waals surface area contributed by atoms with Gasteiger partial charge < -0.3 is 10.1 Å². The molecule has 2 nitrogen and oxygen atoms in total. The topological polar surface area (TPSA) is 21.3 Å². The lowest BCUT2D eigenvalue weighted by Crippen LogP contribution is -2.02. The molecule has 106 valence electrons. The van der Waals surface area contributed by atoms with E-state index in [1.54, 1.807) is 7.11 Å². The van der Waals surface area contributed by atoms with E-state index in [1.165, 1.54) is 0 Å². The second-order valence-electron chi connectivity index (χ2n) is 4.06. The minimum Gasteiger partial charge on any atom is -0.497 e. The average molecular weight is 529 g/mol. The van der Waals surface area contributed by atoms with Crippen LogP contribution in [0.3, 0.4) is 0 Å². The van der Waals surface area contributed by atoms with E-state index in [2.05, 4.69) is 69.0 Å². The van der Waals surface area contributed by atoms with Crippen molar-refractivity contribution in [2.24, 2.45) is 0 Å². The van der Waals surface area contributed by atoms with E-state index in [1.807, 2.05) is 30.3 Å². The van der Waals surface area contributed by atoms with E-state index in [-0.39, 0.29) is 0 Å². The second kappa shape index (κ2) is 7.29. The largest absolute Gasteiger partial charge is 0.497 e. The molecule has 0 aliphatic carbocycles. The third-order valence-corrected chi connectivity index (χ3v) is 5.20. The van der Waals surface area contributed by atoms with Crippen LogP contribution in [0.5, 0.6) is 5.75 Å². The van der Waals surface area contributed by atoms with Crippen LogP contribution in [0.15, 0.2) is 48.2 Å². The maximum absolute atomic E-state index is 5.25. The number of rotatable bonds is 4. The van der Waals surface area contributed by atoms with E-state index in [0.717, 1.165) is 34.9 Å². The summed E-state index contributed by atoms with van der Waals surface area (Å²) in [5.74, 6) is 0.846. The Morgan fingerprint density at radius 2 is 1.60 bits per heavy atom. The van der Waals surface area contributed by atoms with Gasteiger partial charge in [0.15, 0.2) is 0 Å². The smallest absolute Gasteiger partial charge is 0.119 e. The molecule has 2 aromatic rings. The fourth-order valence-electron chi connectivity index (χ4n) is 1.71. The predicted molar refractivity (Wildman–Crippen MR) is 97.6 cm³/mol. The Balaban J connectivity index is 2.21. The lowest BCUT2D eigenvalue weighted by Gasteiger charge is -2.13. The van der Waals surface area contributed by atoms with Crippen LogP contribution >= 0.6 is 63.7 Å². The zero-order chi connectivity index (χ0) is 14.7. The molecule has 0 unspecified atom stereocenters. The van der Waals surface area contributed by atoms with Crippen LogP contribution < -0.4 is 10.1 Å². The van der Waals surface area contributed by atoms with Crippen molar-refractivity contribution in [3.05, 3.63) is 53.8 Å². The number of anilines is 1. The summed E-state index contributed by atoms with van der Waals surface area (Å²) >= 11 is 14.1. The van der Waals surface area contributed by atoms with Crippen LogP contribution in [0.25, 0.3) is 0 Å². The molecular formula is C14H11Br4NO.